The Labute approximate surface area is 86.7 Å². The van der Waals surface area contributed by atoms with E-state index in [4.69, 9.17) is 0 Å². The van der Waals surface area contributed by atoms with Crippen LogP contribution in [0.1, 0.15) is 24.4 Å². The van der Waals surface area contributed by atoms with Crippen molar-refractivity contribution in [3.8, 4) is 0 Å². The lowest BCUT2D eigenvalue weighted by atomic mass is 10.1. The number of halogens is 1. The lowest BCUT2D eigenvalue weighted by Crippen LogP contribution is -2.13. The molecule has 1 atom stereocenters. The van der Waals surface area contributed by atoms with Crippen LogP contribution in [0.25, 0.3) is 0 Å². The molecule has 1 fully saturated rings. The predicted molar refractivity (Wildman–Crippen MR) is 59.1 cm³/mol. The minimum atomic E-state index is 0.609. The van der Waals surface area contributed by atoms with Gasteiger partial charge in [-0.3, -0.25) is 0 Å². The molecule has 0 spiro atoms. The second kappa shape index (κ2) is 3.75. The molecule has 1 saturated heterocycles. The second-order valence-electron chi connectivity index (χ2n) is 3.17. The summed E-state index contributed by atoms with van der Waals surface area (Å²) in [7, 11) is 0. The Morgan fingerprint density at radius 2 is 2.17 bits per heavy atom. The molecule has 64 valence electrons. The molecule has 1 N–H and O–H groups in total. The van der Waals surface area contributed by atoms with E-state index in [-0.39, 0.29) is 0 Å². The Kier molecular flexibility index (Phi) is 2.66. The molecule has 0 amide bonds. The fourth-order valence-corrected chi connectivity index (χ4v) is 2.47. The molecule has 0 aromatic heterocycles. The van der Waals surface area contributed by atoms with Crippen LogP contribution in [0.3, 0.4) is 0 Å². The van der Waals surface area contributed by atoms with Gasteiger partial charge in [-0.1, -0.05) is 18.2 Å². The molecule has 0 aliphatic carbocycles. The first-order valence-electron chi connectivity index (χ1n) is 4.36. The van der Waals surface area contributed by atoms with E-state index in [0.29, 0.717) is 6.04 Å². The van der Waals surface area contributed by atoms with Crippen molar-refractivity contribution < 1.29 is 0 Å². The van der Waals surface area contributed by atoms with Crippen molar-refractivity contribution in [2.75, 3.05) is 6.54 Å². The molecule has 1 heterocycles. The molecular weight excluding hydrogens is 261 g/mol. The largest absolute Gasteiger partial charge is 0.310 e. The highest BCUT2D eigenvalue weighted by Gasteiger charge is 2.17. The van der Waals surface area contributed by atoms with E-state index >= 15 is 0 Å². The maximum atomic E-state index is 3.51. The molecule has 0 unspecified atom stereocenters. The standard InChI is InChI=1S/C10H12IN/c11-9-5-2-1-4-8(9)10-6-3-7-12-10/h1-2,4-5,10,12H,3,6-7H2/t10-/m0/s1. The first-order valence-corrected chi connectivity index (χ1v) is 5.43. The van der Waals surface area contributed by atoms with E-state index in [2.05, 4.69) is 52.2 Å². The van der Waals surface area contributed by atoms with Gasteiger partial charge in [-0.15, -0.1) is 0 Å². The van der Waals surface area contributed by atoms with Gasteiger partial charge in [0.1, 0.15) is 0 Å². The number of hydrogen-bond donors (Lipinski definition) is 1. The van der Waals surface area contributed by atoms with Gasteiger partial charge in [0.05, 0.1) is 0 Å². The summed E-state index contributed by atoms with van der Waals surface area (Å²) in [5.41, 5.74) is 1.47. The normalized spacial score (nSPS) is 22.9. The Bertz CT molecular complexity index is 266. The van der Waals surface area contributed by atoms with Crippen LogP contribution in [0.2, 0.25) is 0 Å². The first kappa shape index (κ1) is 8.51. The van der Waals surface area contributed by atoms with Crippen LogP contribution < -0.4 is 5.32 Å². The van der Waals surface area contributed by atoms with E-state index < -0.39 is 0 Å². The highest BCUT2D eigenvalue weighted by Crippen LogP contribution is 2.26. The summed E-state index contributed by atoms with van der Waals surface area (Å²) in [5, 5.41) is 3.51. The van der Waals surface area contributed by atoms with Crippen LogP contribution in [0.5, 0.6) is 0 Å². The van der Waals surface area contributed by atoms with Crippen LogP contribution in [0.4, 0.5) is 0 Å². The summed E-state index contributed by atoms with van der Waals surface area (Å²) in [6.45, 7) is 1.18. The monoisotopic (exact) mass is 273 g/mol. The van der Waals surface area contributed by atoms with E-state index in [0.717, 1.165) is 0 Å². The van der Waals surface area contributed by atoms with Gasteiger partial charge in [0.2, 0.25) is 0 Å². The topological polar surface area (TPSA) is 12.0 Å². The van der Waals surface area contributed by atoms with Gasteiger partial charge in [-0.05, 0) is 53.6 Å². The molecule has 12 heavy (non-hydrogen) atoms. The zero-order chi connectivity index (χ0) is 8.39. The number of benzene rings is 1. The zero-order valence-corrected chi connectivity index (χ0v) is 9.04. The summed E-state index contributed by atoms with van der Waals surface area (Å²) < 4.78 is 1.38. The van der Waals surface area contributed by atoms with Gasteiger partial charge in [-0.25, -0.2) is 0 Å². The van der Waals surface area contributed by atoms with Crippen molar-refractivity contribution >= 4 is 22.6 Å². The van der Waals surface area contributed by atoms with Crippen LogP contribution in [-0.4, -0.2) is 6.54 Å². The minimum absolute atomic E-state index is 0.609. The lowest BCUT2D eigenvalue weighted by molar-refractivity contribution is 0.644. The van der Waals surface area contributed by atoms with Gasteiger partial charge in [0, 0.05) is 9.61 Å². The van der Waals surface area contributed by atoms with Gasteiger partial charge in [0.25, 0.3) is 0 Å². The van der Waals surface area contributed by atoms with Gasteiger partial charge in [0.15, 0.2) is 0 Å². The third-order valence-corrected chi connectivity index (χ3v) is 3.32. The third-order valence-electron chi connectivity index (χ3n) is 2.34. The molecule has 1 aromatic rings. The Morgan fingerprint density at radius 1 is 1.33 bits per heavy atom. The molecule has 1 aliphatic heterocycles. The van der Waals surface area contributed by atoms with Crippen LogP contribution >= 0.6 is 22.6 Å². The summed E-state index contributed by atoms with van der Waals surface area (Å²) in [6.07, 6.45) is 2.61. The summed E-state index contributed by atoms with van der Waals surface area (Å²) in [5.74, 6) is 0. The highest BCUT2D eigenvalue weighted by molar-refractivity contribution is 14.1. The average Bonchev–Trinajstić information content (AvgIpc) is 2.57. The van der Waals surface area contributed by atoms with Crippen molar-refractivity contribution in [2.45, 2.75) is 18.9 Å². The third kappa shape index (κ3) is 1.64. The molecule has 2 heteroatoms. The Morgan fingerprint density at radius 3 is 2.83 bits per heavy atom. The van der Waals surface area contributed by atoms with Gasteiger partial charge < -0.3 is 5.32 Å². The first-order chi connectivity index (χ1) is 5.88. The van der Waals surface area contributed by atoms with Crippen molar-refractivity contribution in [1.29, 1.82) is 0 Å². The molecule has 1 aromatic carbocycles. The van der Waals surface area contributed by atoms with Crippen molar-refractivity contribution in [1.82, 2.24) is 5.32 Å². The smallest absolute Gasteiger partial charge is 0.0331 e. The zero-order valence-electron chi connectivity index (χ0n) is 6.89. The van der Waals surface area contributed by atoms with Crippen LogP contribution in [-0.2, 0) is 0 Å². The fraction of sp³-hybridized carbons (Fsp3) is 0.400. The van der Waals surface area contributed by atoms with Crippen LogP contribution in [0.15, 0.2) is 24.3 Å². The second-order valence-corrected chi connectivity index (χ2v) is 4.33. The lowest BCUT2D eigenvalue weighted by Gasteiger charge is -2.11. The van der Waals surface area contributed by atoms with Gasteiger partial charge in [-0.2, -0.15) is 0 Å². The van der Waals surface area contributed by atoms with Crippen molar-refractivity contribution in [3.05, 3.63) is 33.4 Å². The molecule has 1 nitrogen and oxygen atoms in total. The number of nitrogens with one attached hydrogen (secondary N) is 1. The van der Waals surface area contributed by atoms with E-state index in [1.807, 2.05) is 0 Å². The number of hydrogen-bond acceptors (Lipinski definition) is 1. The van der Waals surface area contributed by atoms with E-state index in [1.165, 1.54) is 28.5 Å². The quantitative estimate of drug-likeness (QED) is 0.776. The van der Waals surface area contributed by atoms with E-state index in [9.17, 15) is 0 Å². The summed E-state index contributed by atoms with van der Waals surface area (Å²) >= 11 is 2.41. The van der Waals surface area contributed by atoms with Crippen LogP contribution in [0, 0.1) is 3.57 Å². The maximum absolute atomic E-state index is 3.51. The van der Waals surface area contributed by atoms with Gasteiger partial charge >= 0.3 is 0 Å². The van der Waals surface area contributed by atoms with Crippen molar-refractivity contribution in [3.63, 3.8) is 0 Å². The Hall–Kier alpha value is -0.0900. The summed E-state index contributed by atoms with van der Waals surface area (Å²) in [6, 6.07) is 9.23. The predicted octanol–water partition coefficient (Wildman–Crippen LogP) is 2.72. The molecule has 2 rings (SSSR count). The number of rotatable bonds is 1. The Balaban J connectivity index is 2.26. The average molecular weight is 273 g/mol. The minimum Gasteiger partial charge on any atom is -0.310 e. The SMILES string of the molecule is Ic1ccccc1[C@@H]1CCCN1. The van der Waals surface area contributed by atoms with E-state index in [1.54, 1.807) is 0 Å². The fourth-order valence-electron chi connectivity index (χ4n) is 1.71. The highest BCUT2D eigenvalue weighted by atomic mass is 127. The summed E-state index contributed by atoms with van der Waals surface area (Å²) in [4.78, 5) is 0. The molecule has 0 radical (unpaired) electrons. The molecule has 0 bridgehead atoms. The maximum Gasteiger partial charge on any atom is 0.0331 e. The molecular formula is C10H12IN. The molecule has 0 saturated carbocycles. The van der Waals surface area contributed by atoms with Crippen molar-refractivity contribution in [2.24, 2.45) is 0 Å². The molecule has 1 aliphatic rings.